The Morgan fingerprint density at radius 2 is 2.23 bits per heavy atom. The highest BCUT2D eigenvalue weighted by Gasteiger charge is 2.34. The summed E-state index contributed by atoms with van der Waals surface area (Å²) in [6.07, 6.45) is 2.38. The molecule has 9 nitrogen and oxygen atoms in total. The number of H-pyrrole nitrogens is 1. The van der Waals surface area contributed by atoms with E-state index in [1.54, 1.807) is 25.1 Å². The van der Waals surface area contributed by atoms with Gasteiger partial charge in [0.25, 0.3) is 0 Å². The number of anilines is 1. The van der Waals surface area contributed by atoms with Crippen molar-refractivity contribution < 1.29 is 14.3 Å². The number of thioether (sulfide) groups is 1. The minimum atomic E-state index is -0.221. The van der Waals surface area contributed by atoms with Crippen LogP contribution in [0.4, 0.5) is 5.82 Å². The highest BCUT2D eigenvalue weighted by molar-refractivity contribution is 8.01. The van der Waals surface area contributed by atoms with Crippen LogP contribution in [-0.2, 0) is 20.7 Å². The first-order valence-corrected chi connectivity index (χ1v) is 11.2. The van der Waals surface area contributed by atoms with Crippen LogP contribution in [-0.4, -0.2) is 77.9 Å². The number of ether oxygens (including phenoxy) is 2. The summed E-state index contributed by atoms with van der Waals surface area (Å²) in [5.74, 6) is 1.56. The second kappa shape index (κ2) is 8.81. The highest BCUT2D eigenvalue weighted by Crippen LogP contribution is 2.43. The smallest absolute Gasteiger partial charge is 0.233 e. The lowest BCUT2D eigenvalue weighted by Crippen LogP contribution is -2.37. The van der Waals surface area contributed by atoms with Crippen LogP contribution in [0.5, 0.6) is 0 Å². The molecule has 1 amide bonds. The molecule has 10 heteroatoms. The van der Waals surface area contributed by atoms with Crippen molar-refractivity contribution in [3.8, 4) is 11.4 Å². The molecule has 0 saturated carbocycles. The second-order valence-corrected chi connectivity index (χ2v) is 8.69. The van der Waals surface area contributed by atoms with Crippen LogP contribution >= 0.6 is 11.8 Å². The normalized spacial score (nSPS) is 18.4. The molecule has 1 saturated heterocycles. The maximum atomic E-state index is 12.7. The summed E-state index contributed by atoms with van der Waals surface area (Å²) in [6, 6.07) is 5.97. The fourth-order valence-corrected chi connectivity index (χ4v) is 5.17. The van der Waals surface area contributed by atoms with Crippen molar-refractivity contribution in [2.75, 3.05) is 51.5 Å². The number of morpholine rings is 1. The van der Waals surface area contributed by atoms with E-state index >= 15 is 0 Å². The Balaban J connectivity index is 1.52. The van der Waals surface area contributed by atoms with Crippen molar-refractivity contribution in [3.63, 3.8) is 0 Å². The number of aromatic amines is 1. The van der Waals surface area contributed by atoms with Gasteiger partial charge in [0.05, 0.1) is 47.4 Å². The van der Waals surface area contributed by atoms with Gasteiger partial charge >= 0.3 is 0 Å². The van der Waals surface area contributed by atoms with Gasteiger partial charge in [0, 0.05) is 44.1 Å². The molecule has 1 atom stereocenters. The van der Waals surface area contributed by atoms with Gasteiger partial charge in [-0.25, -0.2) is 9.97 Å². The molecule has 0 aliphatic carbocycles. The molecule has 0 spiro atoms. The zero-order valence-corrected chi connectivity index (χ0v) is 18.1. The van der Waals surface area contributed by atoms with Crippen molar-refractivity contribution in [1.29, 1.82) is 0 Å². The van der Waals surface area contributed by atoms with Crippen LogP contribution < -0.4 is 10.2 Å². The Morgan fingerprint density at radius 1 is 1.35 bits per heavy atom. The fourth-order valence-electron chi connectivity index (χ4n) is 3.91. The van der Waals surface area contributed by atoms with E-state index in [-0.39, 0.29) is 11.2 Å². The first-order chi connectivity index (χ1) is 15.2. The van der Waals surface area contributed by atoms with Crippen molar-refractivity contribution >= 4 is 34.4 Å². The van der Waals surface area contributed by atoms with E-state index in [4.69, 9.17) is 19.4 Å². The summed E-state index contributed by atoms with van der Waals surface area (Å²) in [5, 5.41) is 10.9. The highest BCUT2D eigenvalue weighted by atomic mass is 32.2. The van der Waals surface area contributed by atoms with E-state index in [0.29, 0.717) is 38.6 Å². The summed E-state index contributed by atoms with van der Waals surface area (Å²) < 4.78 is 10.6. The number of carbonyl (C=O) groups excluding carboxylic acids is 1. The Morgan fingerprint density at radius 3 is 3.06 bits per heavy atom. The first-order valence-electron chi connectivity index (χ1n) is 10.3. The number of carbonyl (C=O) groups is 1. The first kappa shape index (κ1) is 20.2. The molecule has 31 heavy (non-hydrogen) atoms. The predicted molar refractivity (Wildman–Crippen MR) is 118 cm³/mol. The number of aromatic nitrogens is 4. The molecule has 1 unspecified atom stereocenters. The summed E-state index contributed by atoms with van der Waals surface area (Å²) in [7, 11) is 1.62. The third-order valence-electron chi connectivity index (χ3n) is 5.49. The van der Waals surface area contributed by atoms with Crippen LogP contribution in [0.25, 0.3) is 22.3 Å². The van der Waals surface area contributed by atoms with E-state index in [0.717, 1.165) is 46.0 Å². The standard InChI is InChI=1S/C21H24N6O3S/c1-29-8-5-22-21(28)17-11-16-18(31-17)20(27-6-9-30-10-7-27)25-19(24-16)13-3-2-4-15-14(13)12-23-26-15/h2-4,12,17H,5-11H2,1H3,(H,22,28)(H,23,26). The zero-order chi connectivity index (χ0) is 21.2. The number of benzene rings is 1. The van der Waals surface area contributed by atoms with Gasteiger partial charge in [-0.05, 0) is 6.07 Å². The van der Waals surface area contributed by atoms with Crippen LogP contribution in [0.1, 0.15) is 5.69 Å². The van der Waals surface area contributed by atoms with E-state index < -0.39 is 0 Å². The third-order valence-corrected chi connectivity index (χ3v) is 6.81. The fraction of sp³-hybridized carbons (Fsp3) is 0.429. The lowest BCUT2D eigenvalue weighted by atomic mass is 10.1. The van der Waals surface area contributed by atoms with Gasteiger partial charge in [-0.1, -0.05) is 12.1 Å². The number of hydrogen-bond donors (Lipinski definition) is 2. The topological polar surface area (TPSA) is 105 Å². The van der Waals surface area contributed by atoms with E-state index in [2.05, 4.69) is 20.4 Å². The van der Waals surface area contributed by atoms with Gasteiger partial charge in [0.2, 0.25) is 5.91 Å². The molecule has 2 aliphatic rings. The molecule has 3 aromatic rings. The minimum absolute atomic E-state index is 0.00598. The van der Waals surface area contributed by atoms with Gasteiger partial charge in [0.1, 0.15) is 5.82 Å². The van der Waals surface area contributed by atoms with Crippen LogP contribution in [0.2, 0.25) is 0 Å². The summed E-state index contributed by atoms with van der Waals surface area (Å²) in [6.45, 7) is 3.86. The van der Waals surface area contributed by atoms with Gasteiger partial charge in [-0.3, -0.25) is 9.89 Å². The van der Waals surface area contributed by atoms with E-state index in [9.17, 15) is 4.79 Å². The van der Waals surface area contributed by atoms with Gasteiger partial charge in [-0.2, -0.15) is 5.10 Å². The molecule has 4 heterocycles. The van der Waals surface area contributed by atoms with Gasteiger partial charge in [0.15, 0.2) is 5.82 Å². The molecule has 2 aromatic heterocycles. The number of nitrogens with zero attached hydrogens (tertiary/aromatic N) is 4. The van der Waals surface area contributed by atoms with Crippen molar-refractivity contribution in [1.82, 2.24) is 25.5 Å². The molecule has 162 valence electrons. The van der Waals surface area contributed by atoms with Crippen molar-refractivity contribution in [3.05, 3.63) is 30.1 Å². The van der Waals surface area contributed by atoms with Crippen LogP contribution in [0.3, 0.4) is 0 Å². The lowest BCUT2D eigenvalue weighted by molar-refractivity contribution is -0.120. The summed E-state index contributed by atoms with van der Waals surface area (Å²) in [5.41, 5.74) is 2.80. The molecule has 0 radical (unpaired) electrons. The zero-order valence-electron chi connectivity index (χ0n) is 17.3. The maximum Gasteiger partial charge on any atom is 0.233 e. The van der Waals surface area contributed by atoms with Gasteiger partial charge < -0.3 is 19.7 Å². The predicted octanol–water partition coefficient (Wildman–Crippen LogP) is 1.64. The Kier molecular flexibility index (Phi) is 5.75. The molecule has 2 aliphatic heterocycles. The SMILES string of the molecule is COCCNC(=O)C1Cc2nc(-c3cccc4[nH]ncc34)nc(N3CCOCC3)c2S1. The Labute approximate surface area is 183 Å². The van der Waals surface area contributed by atoms with Crippen LogP contribution in [0.15, 0.2) is 29.3 Å². The van der Waals surface area contributed by atoms with Crippen molar-refractivity contribution in [2.24, 2.45) is 0 Å². The lowest BCUT2D eigenvalue weighted by Gasteiger charge is -2.29. The Hall–Kier alpha value is -2.69. The number of nitrogens with one attached hydrogen (secondary N) is 2. The third kappa shape index (κ3) is 3.98. The number of hydrogen-bond acceptors (Lipinski definition) is 8. The molecule has 1 fully saturated rings. The molecule has 2 N–H and O–H groups in total. The quantitative estimate of drug-likeness (QED) is 0.558. The average Bonchev–Trinajstić information content (AvgIpc) is 3.46. The van der Waals surface area contributed by atoms with Gasteiger partial charge in [-0.15, -0.1) is 11.8 Å². The Bertz CT molecular complexity index is 1100. The monoisotopic (exact) mass is 440 g/mol. The molecular weight excluding hydrogens is 416 g/mol. The number of fused-ring (bicyclic) bond motifs is 2. The van der Waals surface area contributed by atoms with Crippen LogP contribution in [0, 0.1) is 0 Å². The summed E-state index contributed by atoms with van der Waals surface area (Å²) in [4.78, 5) is 25.8. The average molecular weight is 441 g/mol. The van der Waals surface area contributed by atoms with E-state index in [1.807, 2.05) is 18.2 Å². The molecule has 5 rings (SSSR count). The number of rotatable bonds is 6. The second-order valence-electron chi connectivity index (χ2n) is 7.48. The molecule has 0 bridgehead atoms. The maximum absolute atomic E-state index is 12.7. The molecule has 1 aromatic carbocycles. The molecular formula is C21H24N6O3S. The van der Waals surface area contributed by atoms with Crippen molar-refractivity contribution in [2.45, 2.75) is 16.6 Å². The number of methoxy groups -OCH3 is 1. The summed E-state index contributed by atoms with van der Waals surface area (Å²) >= 11 is 1.55. The number of amides is 1. The minimum Gasteiger partial charge on any atom is -0.383 e. The van der Waals surface area contributed by atoms with E-state index in [1.165, 1.54) is 0 Å². The largest absolute Gasteiger partial charge is 0.383 e.